The Balaban J connectivity index is 1.25. The van der Waals surface area contributed by atoms with Crippen molar-refractivity contribution in [1.82, 2.24) is 25.5 Å². The first kappa shape index (κ1) is 26.6. The summed E-state index contributed by atoms with van der Waals surface area (Å²) in [5.74, 6) is 1.78. The molecule has 3 aliphatic heterocycles. The number of rotatable bonds is 8. The number of hydrogen-bond acceptors (Lipinski definition) is 8. The lowest BCUT2D eigenvalue weighted by Crippen LogP contribution is -2.56. The van der Waals surface area contributed by atoms with Crippen molar-refractivity contribution in [2.24, 2.45) is 0 Å². The number of nitrogens with one attached hydrogen (secondary N) is 3. The number of carbonyl (C=O) groups excluding carboxylic acids is 1. The number of piperidine rings is 1. The van der Waals surface area contributed by atoms with E-state index in [1.165, 1.54) is 64.2 Å². The number of aromatic nitrogens is 2. The first-order valence-corrected chi connectivity index (χ1v) is 15.0. The topological polar surface area (TPSA) is 106 Å². The number of hydrogen-bond donors (Lipinski definition) is 4. The molecule has 4 aliphatic rings. The molecular weight excluding hydrogens is 466 g/mol. The monoisotopic (exact) mass is 513 g/mol. The Hall–Kier alpha value is -1.97. The zero-order valence-electron chi connectivity index (χ0n) is 22.4. The summed E-state index contributed by atoms with van der Waals surface area (Å²) in [6.07, 6.45) is 16.8. The fourth-order valence-corrected chi connectivity index (χ4v) is 6.93. The maximum absolute atomic E-state index is 12.7. The lowest BCUT2D eigenvalue weighted by atomic mass is 9.87. The van der Waals surface area contributed by atoms with Gasteiger partial charge in [0.25, 0.3) is 0 Å². The molecule has 1 aromatic rings. The highest BCUT2D eigenvalue weighted by Crippen LogP contribution is 2.31. The molecule has 1 aromatic heterocycles. The minimum Gasteiger partial charge on any atom is -0.392 e. The lowest BCUT2D eigenvalue weighted by Gasteiger charge is -2.47. The molecule has 4 atom stereocenters. The van der Waals surface area contributed by atoms with Crippen LogP contribution in [0.4, 0.5) is 11.8 Å². The van der Waals surface area contributed by atoms with Gasteiger partial charge in [-0.1, -0.05) is 32.1 Å². The third-order valence-electron chi connectivity index (χ3n) is 8.91. The number of aliphatic hydroxyl groups excluding tert-OH is 1. The van der Waals surface area contributed by atoms with E-state index in [1.807, 2.05) is 12.3 Å². The summed E-state index contributed by atoms with van der Waals surface area (Å²) in [4.78, 5) is 27.4. The molecule has 0 bridgehead atoms. The lowest BCUT2D eigenvalue weighted by molar-refractivity contribution is -0.123. The molecule has 4 fully saturated rings. The number of aliphatic hydroxyl groups is 1. The molecule has 0 aromatic carbocycles. The van der Waals surface area contributed by atoms with Crippen LogP contribution in [0.3, 0.4) is 0 Å². The average molecular weight is 514 g/mol. The molecule has 1 aliphatic carbocycles. The van der Waals surface area contributed by atoms with Crippen LogP contribution in [0.25, 0.3) is 0 Å². The van der Waals surface area contributed by atoms with Crippen LogP contribution in [0.2, 0.25) is 0 Å². The largest absolute Gasteiger partial charge is 0.392 e. The standard InChI is InChI=1S/C28H47N7O2/c36-22-19-24(31-20-22)27(37)29-14-12-25-23(11-8-18-35(25)21-9-4-3-5-10-21)32-28-30-15-13-26(33-28)34-16-6-1-2-7-17-34/h13,15,21-25,31,36H,1-12,14,16-20H2,(H,29,37)(H,30,32,33)/t22-,23?,24-,25?/m0/s1. The van der Waals surface area contributed by atoms with Crippen molar-refractivity contribution in [2.45, 2.75) is 114 Å². The van der Waals surface area contributed by atoms with Gasteiger partial charge in [0.2, 0.25) is 11.9 Å². The van der Waals surface area contributed by atoms with Crippen LogP contribution in [0.5, 0.6) is 0 Å². The van der Waals surface area contributed by atoms with E-state index in [0.717, 1.165) is 44.2 Å². The van der Waals surface area contributed by atoms with Gasteiger partial charge >= 0.3 is 0 Å². The minimum absolute atomic E-state index is 0.00886. The molecule has 1 amide bonds. The van der Waals surface area contributed by atoms with Crippen molar-refractivity contribution in [1.29, 1.82) is 0 Å². The molecule has 0 radical (unpaired) electrons. The molecule has 3 saturated heterocycles. The maximum Gasteiger partial charge on any atom is 0.237 e. The van der Waals surface area contributed by atoms with Gasteiger partial charge < -0.3 is 26.0 Å². The molecule has 2 unspecified atom stereocenters. The van der Waals surface area contributed by atoms with Crippen LogP contribution in [-0.4, -0.2) is 88.9 Å². The summed E-state index contributed by atoms with van der Waals surface area (Å²) >= 11 is 0. The second kappa shape index (κ2) is 13.2. The molecule has 4 N–H and O–H groups in total. The summed E-state index contributed by atoms with van der Waals surface area (Å²) < 4.78 is 0. The minimum atomic E-state index is -0.422. The van der Waals surface area contributed by atoms with E-state index < -0.39 is 6.10 Å². The first-order chi connectivity index (χ1) is 18.2. The third-order valence-corrected chi connectivity index (χ3v) is 8.91. The van der Waals surface area contributed by atoms with Crippen LogP contribution in [-0.2, 0) is 4.79 Å². The van der Waals surface area contributed by atoms with E-state index in [9.17, 15) is 9.90 Å². The highest BCUT2D eigenvalue weighted by molar-refractivity contribution is 5.82. The van der Waals surface area contributed by atoms with Gasteiger partial charge in [0.05, 0.1) is 12.1 Å². The Morgan fingerprint density at radius 3 is 2.57 bits per heavy atom. The summed E-state index contributed by atoms with van der Waals surface area (Å²) in [5, 5.41) is 19.8. The van der Waals surface area contributed by atoms with Crippen molar-refractivity contribution < 1.29 is 9.90 Å². The quantitative estimate of drug-likeness (QED) is 0.421. The fourth-order valence-electron chi connectivity index (χ4n) is 6.93. The Kier molecular flexibility index (Phi) is 9.50. The van der Waals surface area contributed by atoms with Gasteiger partial charge in [-0.25, -0.2) is 4.98 Å². The third kappa shape index (κ3) is 7.12. The van der Waals surface area contributed by atoms with E-state index in [2.05, 4.69) is 30.7 Å². The Labute approximate surface area is 222 Å². The van der Waals surface area contributed by atoms with Crippen molar-refractivity contribution in [3.05, 3.63) is 12.3 Å². The number of nitrogens with zero attached hydrogens (tertiary/aromatic N) is 4. The molecule has 5 rings (SSSR count). The number of β-amino-alcohol motifs (C(OH)–C–C–N with tert-alkyl or cyclic N) is 1. The molecule has 9 nitrogen and oxygen atoms in total. The van der Waals surface area contributed by atoms with Crippen molar-refractivity contribution in [2.75, 3.05) is 42.9 Å². The summed E-state index contributed by atoms with van der Waals surface area (Å²) in [5.41, 5.74) is 0. The fraction of sp³-hybridized carbons (Fsp3) is 0.821. The van der Waals surface area contributed by atoms with Gasteiger partial charge in [0.15, 0.2) is 0 Å². The van der Waals surface area contributed by atoms with Crippen LogP contribution in [0.15, 0.2) is 12.3 Å². The zero-order valence-corrected chi connectivity index (χ0v) is 22.4. The zero-order chi connectivity index (χ0) is 25.5. The van der Waals surface area contributed by atoms with Gasteiger partial charge in [-0.2, -0.15) is 4.98 Å². The van der Waals surface area contributed by atoms with E-state index in [0.29, 0.717) is 31.6 Å². The predicted molar refractivity (Wildman–Crippen MR) is 147 cm³/mol. The van der Waals surface area contributed by atoms with Gasteiger partial charge in [-0.15, -0.1) is 0 Å². The molecule has 37 heavy (non-hydrogen) atoms. The number of amides is 1. The first-order valence-electron chi connectivity index (χ1n) is 15.0. The molecule has 206 valence electrons. The highest BCUT2D eigenvalue weighted by atomic mass is 16.3. The second-order valence-electron chi connectivity index (χ2n) is 11.6. The van der Waals surface area contributed by atoms with Gasteiger partial charge in [0.1, 0.15) is 5.82 Å². The Bertz CT molecular complexity index is 857. The van der Waals surface area contributed by atoms with Crippen LogP contribution >= 0.6 is 0 Å². The Morgan fingerprint density at radius 1 is 1.03 bits per heavy atom. The van der Waals surface area contributed by atoms with Crippen LogP contribution in [0, 0.1) is 0 Å². The predicted octanol–water partition coefficient (Wildman–Crippen LogP) is 2.66. The van der Waals surface area contributed by atoms with Crippen molar-refractivity contribution in [3.8, 4) is 0 Å². The maximum atomic E-state index is 12.7. The van der Waals surface area contributed by atoms with Gasteiger partial charge in [-0.3, -0.25) is 9.69 Å². The van der Waals surface area contributed by atoms with E-state index >= 15 is 0 Å². The SMILES string of the molecule is O=C(NCCC1C(Nc2nccc(N3CCCCCC3)n2)CCCN1C1CCCCC1)[C@@H]1C[C@H](O)CN1. The summed E-state index contributed by atoms with van der Waals surface area (Å²) in [6.45, 7) is 4.42. The van der Waals surface area contributed by atoms with Gasteiger partial charge in [-0.05, 0) is 64.0 Å². The van der Waals surface area contributed by atoms with Crippen molar-refractivity contribution in [3.63, 3.8) is 0 Å². The van der Waals surface area contributed by atoms with Crippen LogP contribution in [0.1, 0.15) is 83.5 Å². The van der Waals surface area contributed by atoms with Crippen LogP contribution < -0.4 is 20.9 Å². The normalized spacial score (nSPS) is 30.1. The molecular formula is C28H47N7O2. The second-order valence-corrected chi connectivity index (χ2v) is 11.6. The molecule has 9 heteroatoms. The highest BCUT2D eigenvalue weighted by Gasteiger charge is 2.36. The number of carbonyl (C=O) groups is 1. The van der Waals surface area contributed by atoms with E-state index in [-0.39, 0.29) is 18.0 Å². The number of anilines is 2. The molecule has 0 spiro atoms. The summed E-state index contributed by atoms with van der Waals surface area (Å²) in [7, 11) is 0. The van der Waals surface area contributed by atoms with Gasteiger partial charge in [0, 0.05) is 50.5 Å². The average Bonchev–Trinajstić information content (AvgIpc) is 3.18. The van der Waals surface area contributed by atoms with E-state index in [4.69, 9.17) is 4.98 Å². The smallest absolute Gasteiger partial charge is 0.237 e. The van der Waals surface area contributed by atoms with Crippen molar-refractivity contribution >= 4 is 17.7 Å². The molecule has 1 saturated carbocycles. The Morgan fingerprint density at radius 2 is 1.81 bits per heavy atom. The summed E-state index contributed by atoms with van der Waals surface area (Å²) in [6, 6.07) is 3.00. The number of likely N-dealkylation sites (tertiary alicyclic amines) is 1. The van der Waals surface area contributed by atoms with E-state index in [1.54, 1.807) is 0 Å². The molecule has 4 heterocycles.